The molecule has 4 unspecified atom stereocenters. The van der Waals surface area contributed by atoms with Crippen LogP contribution in [-0.2, 0) is 5.41 Å². The Hall–Kier alpha value is -3.09. The van der Waals surface area contributed by atoms with Gasteiger partial charge in [-0.25, -0.2) is 9.37 Å². The van der Waals surface area contributed by atoms with Crippen LogP contribution in [0.5, 0.6) is 0 Å². The Morgan fingerprint density at radius 1 is 1.18 bits per heavy atom. The maximum atomic E-state index is 13.7. The Kier molecular flexibility index (Phi) is 4.64. The van der Waals surface area contributed by atoms with Crippen LogP contribution >= 0.6 is 0 Å². The van der Waals surface area contributed by atoms with Crippen molar-refractivity contribution < 1.29 is 13.6 Å². The Morgan fingerprint density at radius 3 is 2.91 bits per heavy atom. The number of benzene rings is 1. The quantitative estimate of drug-likeness (QED) is 0.611. The number of halogens is 1. The summed E-state index contributed by atoms with van der Waals surface area (Å²) in [4.78, 5) is 17.7. The second-order valence-electron chi connectivity index (χ2n) is 10.3. The molecule has 33 heavy (non-hydrogen) atoms. The van der Waals surface area contributed by atoms with E-state index in [1.54, 1.807) is 18.2 Å². The van der Waals surface area contributed by atoms with Crippen LogP contribution in [0.15, 0.2) is 46.9 Å². The molecule has 1 N–H and O–H groups in total. The van der Waals surface area contributed by atoms with E-state index in [2.05, 4.69) is 20.5 Å². The molecule has 3 aliphatic rings. The molecule has 4 atom stereocenters. The third kappa shape index (κ3) is 3.45. The summed E-state index contributed by atoms with van der Waals surface area (Å²) in [5.41, 5.74) is 1.34. The SMILES string of the molecule is Cc1cccc(C(=O)NC23CCCC4CC2CC(c2nnc(-c5cccc(F)c5)o2)(C4)C3)n1. The van der Waals surface area contributed by atoms with Crippen LogP contribution in [0.25, 0.3) is 11.5 Å². The average molecular weight is 447 g/mol. The number of hydrogen-bond donors (Lipinski definition) is 1. The Bertz CT molecular complexity index is 1230. The van der Waals surface area contributed by atoms with Crippen LogP contribution < -0.4 is 5.32 Å². The lowest BCUT2D eigenvalue weighted by molar-refractivity contribution is 0.0856. The van der Waals surface area contributed by atoms with E-state index in [0.29, 0.717) is 34.9 Å². The molecule has 3 aliphatic carbocycles. The van der Waals surface area contributed by atoms with Crippen molar-refractivity contribution >= 4 is 5.91 Å². The van der Waals surface area contributed by atoms with Crippen molar-refractivity contribution in [2.75, 3.05) is 0 Å². The van der Waals surface area contributed by atoms with Crippen molar-refractivity contribution in [3.8, 4) is 11.5 Å². The maximum absolute atomic E-state index is 13.7. The molecule has 2 heterocycles. The number of nitrogens with zero attached hydrogens (tertiary/aromatic N) is 3. The summed E-state index contributed by atoms with van der Waals surface area (Å²) in [7, 11) is 0. The van der Waals surface area contributed by atoms with Crippen LogP contribution in [-0.4, -0.2) is 26.6 Å². The first kappa shape index (κ1) is 20.5. The number of carbonyl (C=O) groups excluding carboxylic acids is 1. The molecule has 1 amide bonds. The van der Waals surface area contributed by atoms with Gasteiger partial charge in [-0.05, 0) is 81.2 Å². The monoisotopic (exact) mass is 446 g/mol. The number of fused-ring (bicyclic) bond motifs is 2. The molecule has 3 bridgehead atoms. The topological polar surface area (TPSA) is 80.9 Å². The summed E-state index contributed by atoms with van der Waals surface area (Å²) in [6.07, 6.45) is 7.06. The summed E-state index contributed by atoms with van der Waals surface area (Å²) < 4.78 is 19.9. The smallest absolute Gasteiger partial charge is 0.270 e. The lowest BCUT2D eigenvalue weighted by Gasteiger charge is -2.35. The van der Waals surface area contributed by atoms with Gasteiger partial charge in [0.1, 0.15) is 11.5 Å². The van der Waals surface area contributed by atoms with Crippen LogP contribution in [0.1, 0.15) is 67.0 Å². The van der Waals surface area contributed by atoms with Gasteiger partial charge in [-0.1, -0.05) is 25.0 Å². The third-order valence-corrected chi connectivity index (χ3v) is 8.04. The molecule has 7 heteroatoms. The highest BCUT2D eigenvalue weighted by molar-refractivity contribution is 5.93. The average Bonchev–Trinajstić information content (AvgIpc) is 3.33. The van der Waals surface area contributed by atoms with Crippen molar-refractivity contribution in [2.45, 2.75) is 62.8 Å². The maximum Gasteiger partial charge on any atom is 0.270 e. The van der Waals surface area contributed by atoms with Crippen LogP contribution in [0.3, 0.4) is 0 Å². The molecular formula is C26H27FN4O2. The van der Waals surface area contributed by atoms with Crippen molar-refractivity contribution in [1.82, 2.24) is 20.5 Å². The van der Waals surface area contributed by atoms with Crippen molar-refractivity contribution in [3.05, 3.63) is 65.6 Å². The first-order valence-electron chi connectivity index (χ1n) is 11.8. The zero-order valence-corrected chi connectivity index (χ0v) is 18.7. The molecule has 0 saturated heterocycles. The molecule has 2 aromatic heterocycles. The van der Waals surface area contributed by atoms with Gasteiger partial charge in [-0.2, -0.15) is 0 Å². The normalized spacial score (nSPS) is 30.2. The Labute approximate surface area is 192 Å². The predicted molar refractivity (Wildman–Crippen MR) is 120 cm³/mol. The summed E-state index contributed by atoms with van der Waals surface area (Å²) in [5.74, 6) is 1.50. The third-order valence-electron chi connectivity index (χ3n) is 8.04. The number of hydrogen-bond acceptors (Lipinski definition) is 5. The van der Waals surface area contributed by atoms with Gasteiger partial charge in [0.25, 0.3) is 5.91 Å². The molecule has 0 radical (unpaired) electrons. The number of rotatable bonds is 4. The van der Waals surface area contributed by atoms with E-state index in [1.165, 1.54) is 12.1 Å². The highest BCUT2D eigenvalue weighted by Crippen LogP contribution is 2.62. The van der Waals surface area contributed by atoms with Gasteiger partial charge in [0.2, 0.25) is 11.8 Å². The van der Waals surface area contributed by atoms with E-state index in [4.69, 9.17) is 4.42 Å². The summed E-state index contributed by atoms with van der Waals surface area (Å²) >= 11 is 0. The molecule has 3 aromatic rings. The molecule has 0 spiro atoms. The zero-order chi connectivity index (χ0) is 22.6. The second-order valence-corrected chi connectivity index (χ2v) is 10.3. The number of aryl methyl sites for hydroxylation is 1. The highest BCUT2D eigenvalue weighted by atomic mass is 19.1. The minimum absolute atomic E-state index is 0.106. The predicted octanol–water partition coefficient (Wildman–Crippen LogP) is 4.99. The summed E-state index contributed by atoms with van der Waals surface area (Å²) in [6, 6.07) is 11.8. The summed E-state index contributed by atoms with van der Waals surface area (Å²) in [5, 5.41) is 12.2. The number of nitrogens with one attached hydrogen (secondary N) is 1. The van der Waals surface area contributed by atoms with Gasteiger partial charge in [-0.15, -0.1) is 10.2 Å². The molecule has 1 aromatic carbocycles. The van der Waals surface area contributed by atoms with Crippen LogP contribution in [0.2, 0.25) is 0 Å². The number of carbonyl (C=O) groups is 1. The minimum Gasteiger partial charge on any atom is -0.420 e. The molecule has 6 nitrogen and oxygen atoms in total. The van der Waals surface area contributed by atoms with Crippen molar-refractivity contribution in [3.63, 3.8) is 0 Å². The minimum atomic E-state index is -0.329. The Morgan fingerprint density at radius 2 is 2.06 bits per heavy atom. The molecule has 3 saturated carbocycles. The lowest BCUT2D eigenvalue weighted by atomic mass is 9.69. The molecule has 3 fully saturated rings. The highest BCUT2D eigenvalue weighted by Gasteiger charge is 2.62. The second kappa shape index (κ2) is 7.47. The fourth-order valence-electron chi connectivity index (χ4n) is 6.80. The molecule has 170 valence electrons. The van der Waals surface area contributed by atoms with E-state index in [-0.39, 0.29) is 22.7 Å². The van der Waals surface area contributed by atoms with Gasteiger partial charge in [0.05, 0.1) is 5.41 Å². The lowest BCUT2D eigenvalue weighted by Crippen LogP contribution is -2.51. The standard InChI is InChI=1S/C26H27FN4O2/c1-16-5-2-9-21(28-16)22(32)29-26-10-4-6-17-11-19(26)14-25(13-17,15-26)24-31-30-23(33-24)18-7-3-8-20(27)12-18/h2-3,5,7-9,12,17,19H,4,6,10-11,13-15H2,1H3,(H,29,32). The van der Waals surface area contributed by atoms with E-state index in [0.717, 1.165) is 50.6 Å². The Balaban J connectivity index is 1.34. The van der Waals surface area contributed by atoms with Gasteiger partial charge in [0.15, 0.2) is 0 Å². The molecule has 6 rings (SSSR count). The van der Waals surface area contributed by atoms with E-state index in [1.807, 2.05) is 19.1 Å². The van der Waals surface area contributed by atoms with E-state index < -0.39 is 0 Å². The molecule has 0 aliphatic heterocycles. The van der Waals surface area contributed by atoms with E-state index >= 15 is 0 Å². The fraction of sp³-hybridized carbons (Fsp3) is 0.462. The number of aromatic nitrogens is 3. The number of pyridine rings is 1. The molecular weight excluding hydrogens is 419 g/mol. The van der Waals surface area contributed by atoms with Crippen molar-refractivity contribution in [1.29, 1.82) is 0 Å². The van der Waals surface area contributed by atoms with E-state index in [9.17, 15) is 9.18 Å². The first-order chi connectivity index (χ1) is 15.9. The first-order valence-corrected chi connectivity index (χ1v) is 11.8. The van der Waals surface area contributed by atoms with Gasteiger partial charge in [-0.3, -0.25) is 4.79 Å². The van der Waals surface area contributed by atoms with Gasteiger partial charge >= 0.3 is 0 Å². The van der Waals surface area contributed by atoms with Gasteiger partial charge < -0.3 is 9.73 Å². The van der Waals surface area contributed by atoms with Crippen LogP contribution in [0.4, 0.5) is 4.39 Å². The van der Waals surface area contributed by atoms with Crippen molar-refractivity contribution in [2.24, 2.45) is 11.8 Å². The zero-order valence-electron chi connectivity index (χ0n) is 18.7. The fourth-order valence-corrected chi connectivity index (χ4v) is 6.80. The van der Waals surface area contributed by atoms with Gasteiger partial charge in [0, 0.05) is 16.8 Å². The largest absolute Gasteiger partial charge is 0.420 e. The van der Waals surface area contributed by atoms with Crippen LogP contribution in [0, 0.1) is 24.6 Å². The number of amides is 1. The summed E-state index contributed by atoms with van der Waals surface area (Å²) in [6.45, 7) is 1.90.